The molecule has 1 saturated heterocycles. The third kappa shape index (κ3) is 2.65. The highest BCUT2D eigenvalue weighted by molar-refractivity contribution is 5.87. The summed E-state index contributed by atoms with van der Waals surface area (Å²) in [7, 11) is 2.15. The lowest BCUT2D eigenvalue weighted by Gasteiger charge is -2.44. The van der Waals surface area contributed by atoms with E-state index in [0.29, 0.717) is 16.9 Å². The SMILES string of the molecule is CN(Cc1ccccc1)C1CN(c2nccc3c(=O)[nH]cnc23)C1. The van der Waals surface area contributed by atoms with Crippen molar-refractivity contribution in [3.63, 3.8) is 0 Å². The number of hydrogen-bond donors (Lipinski definition) is 1. The summed E-state index contributed by atoms with van der Waals surface area (Å²) >= 11 is 0. The minimum atomic E-state index is -0.123. The van der Waals surface area contributed by atoms with Gasteiger partial charge in [0, 0.05) is 31.9 Å². The normalized spacial score (nSPS) is 15.0. The van der Waals surface area contributed by atoms with Gasteiger partial charge in [0.15, 0.2) is 5.82 Å². The van der Waals surface area contributed by atoms with Crippen molar-refractivity contribution in [2.75, 3.05) is 25.0 Å². The molecule has 1 N–H and O–H groups in total. The molecule has 0 saturated carbocycles. The maximum atomic E-state index is 11.9. The van der Waals surface area contributed by atoms with Crippen molar-refractivity contribution in [2.24, 2.45) is 0 Å². The van der Waals surface area contributed by atoms with E-state index < -0.39 is 0 Å². The average Bonchev–Trinajstić information content (AvgIpc) is 2.55. The summed E-state index contributed by atoms with van der Waals surface area (Å²) in [6, 6.07) is 12.7. The van der Waals surface area contributed by atoms with E-state index in [1.807, 2.05) is 6.07 Å². The largest absolute Gasteiger partial charge is 0.352 e. The van der Waals surface area contributed by atoms with Crippen LogP contribution in [0.5, 0.6) is 0 Å². The van der Waals surface area contributed by atoms with Crippen LogP contribution in [-0.2, 0) is 6.54 Å². The van der Waals surface area contributed by atoms with Crippen LogP contribution in [0.2, 0.25) is 0 Å². The van der Waals surface area contributed by atoms with Gasteiger partial charge in [-0.25, -0.2) is 9.97 Å². The summed E-state index contributed by atoms with van der Waals surface area (Å²) in [4.78, 5) is 27.8. The Balaban J connectivity index is 1.48. The smallest absolute Gasteiger partial charge is 0.258 e. The fourth-order valence-electron chi connectivity index (χ4n) is 3.13. The molecule has 24 heavy (non-hydrogen) atoms. The molecule has 2 aromatic heterocycles. The Bertz CT molecular complexity index is 902. The molecule has 0 spiro atoms. The molecule has 0 atom stereocenters. The Morgan fingerprint density at radius 3 is 2.79 bits per heavy atom. The van der Waals surface area contributed by atoms with Crippen molar-refractivity contribution < 1.29 is 0 Å². The van der Waals surface area contributed by atoms with Gasteiger partial charge in [0.2, 0.25) is 0 Å². The Labute approximate surface area is 139 Å². The number of hydrogen-bond acceptors (Lipinski definition) is 5. The molecule has 3 aromatic rings. The second kappa shape index (κ2) is 6.05. The number of aromatic amines is 1. The van der Waals surface area contributed by atoms with Crippen molar-refractivity contribution in [2.45, 2.75) is 12.6 Å². The second-order valence-corrected chi connectivity index (χ2v) is 6.22. The molecular formula is C18H19N5O. The van der Waals surface area contributed by atoms with Gasteiger partial charge in [-0.15, -0.1) is 0 Å². The van der Waals surface area contributed by atoms with Crippen LogP contribution < -0.4 is 10.5 Å². The van der Waals surface area contributed by atoms with Crippen LogP contribution in [0.3, 0.4) is 0 Å². The van der Waals surface area contributed by atoms with Gasteiger partial charge in [0.25, 0.3) is 5.56 Å². The van der Waals surface area contributed by atoms with Gasteiger partial charge in [0.05, 0.1) is 11.7 Å². The zero-order valence-corrected chi connectivity index (χ0v) is 13.5. The fourth-order valence-corrected chi connectivity index (χ4v) is 3.13. The minimum absolute atomic E-state index is 0.123. The van der Waals surface area contributed by atoms with E-state index >= 15 is 0 Å². The first-order chi connectivity index (χ1) is 11.7. The van der Waals surface area contributed by atoms with E-state index in [1.54, 1.807) is 12.3 Å². The number of nitrogens with one attached hydrogen (secondary N) is 1. The van der Waals surface area contributed by atoms with E-state index in [9.17, 15) is 4.79 Å². The fraction of sp³-hybridized carbons (Fsp3) is 0.278. The lowest BCUT2D eigenvalue weighted by Crippen LogP contribution is -2.58. The summed E-state index contributed by atoms with van der Waals surface area (Å²) in [5, 5.41) is 0.587. The topological polar surface area (TPSA) is 65.1 Å². The van der Waals surface area contributed by atoms with E-state index in [-0.39, 0.29) is 5.56 Å². The summed E-state index contributed by atoms with van der Waals surface area (Å²) in [5.41, 5.74) is 1.86. The highest BCUT2D eigenvalue weighted by Crippen LogP contribution is 2.26. The predicted molar refractivity (Wildman–Crippen MR) is 94.1 cm³/mol. The summed E-state index contributed by atoms with van der Waals surface area (Å²) in [6.07, 6.45) is 3.12. The number of fused-ring (bicyclic) bond motifs is 1. The molecule has 1 aliphatic heterocycles. The van der Waals surface area contributed by atoms with Crippen molar-refractivity contribution in [3.05, 3.63) is 64.8 Å². The maximum Gasteiger partial charge on any atom is 0.258 e. The number of rotatable bonds is 4. The minimum Gasteiger partial charge on any atom is -0.352 e. The van der Waals surface area contributed by atoms with Crippen LogP contribution >= 0.6 is 0 Å². The zero-order chi connectivity index (χ0) is 16.5. The maximum absolute atomic E-state index is 11.9. The number of aromatic nitrogens is 3. The molecule has 0 radical (unpaired) electrons. The monoisotopic (exact) mass is 321 g/mol. The van der Waals surface area contributed by atoms with Gasteiger partial charge >= 0.3 is 0 Å². The highest BCUT2D eigenvalue weighted by Gasteiger charge is 2.32. The molecule has 1 aromatic carbocycles. The van der Waals surface area contributed by atoms with E-state index in [4.69, 9.17) is 0 Å². The third-order valence-corrected chi connectivity index (χ3v) is 4.60. The Kier molecular flexibility index (Phi) is 3.74. The quantitative estimate of drug-likeness (QED) is 0.791. The molecule has 0 bridgehead atoms. The molecule has 1 aliphatic rings. The standard InChI is InChI=1S/C18H19N5O/c1-22(9-13-5-3-2-4-6-13)14-10-23(11-14)17-16-15(7-8-19-17)18(24)21-12-20-16/h2-8,12,14H,9-11H2,1H3,(H,20,21,24). The van der Waals surface area contributed by atoms with Crippen LogP contribution in [-0.4, -0.2) is 46.0 Å². The predicted octanol–water partition coefficient (Wildman–Crippen LogP) is 1.64. The first kappa shape index (κ1) is 14.8. The van der Waals surface area contributed by atoms with Gasteiger partial charge in [-0.3, -0.25) is 9.69 Å². The number of pyridine rings is 1. The number of anilines is 1. The van der Waals surface area contributed by atoms with Crippen molar-refractivity contribution >= 4 is 16.7 Å². The van der Waals surface area contributed by atoms with E-state index in [2.05, 4.69) is 56.1 Å². The Morgan fingerprint density at radius 2 is 2.00 bits per heavy atom. The lowest BCUT2D eigenvalue weighted by atomic mass is 10.1. The molecular weight excluding hydrogens is 302 g/mol. The number of benzene rings is 1. The van der Waals surface area contributed by atoms with Gasteiger partial charge in [-0.2, -0.15) is 0 Å². The number of nitrogens with zero attached hydrogens (tertiary/aromatic N) is 4. The van der Waals surface area contributed by atoms with Crippen molar-refractivity contribution in [1.29, 1.82) is 0 Å². The van der Waals surface area contributed by atoms with Crippen molar-refractivity contribution in [1.82, 2.24) is 19.9 Å². The lowest BCUT2D eigenvalue weighted by molar-refractivity contribution is 0.197. The van der Waals surface area contributed by atoms with Crippen LogP contribution in [0.15, 0.2) is 53.7 Å². The van der Waals surface area contributed by atoms with E-state index in [0.717, 1.165) is 25.5 Å². The van der Waals surface area contributed by atoms with Gasteiger partial charge in [-0.05, 0) is 18.7 Å². The van der Waals surface area contributed by atoms with E-state index in [1.165, 1.54) is 11.9 Å². The first-order valence-electron chi connectivity index (χ1n) is 8.04. The zero-order valence-electron chi connectivity index (χ0n) is 13.5. The molecule has 4 rings (SSSR count). The van der Waals surface area contributed by atoms with Crippen LogP contribution in [0.4, 0.5) is 5.82 Å². The van der Waals surface area contributed by atoms with Gasteiger partial charge in [-0.1, -0.05) is 30.3 Å². The van der Waals surface area contributed by atoms with Gasteiger partial charge in [0.1, 0.15) is 5.52 Å². The Morgan fingerprint density at radius 1 is 1.21 bits per heavy atom. The molecule has 1 fully saturated rings. The summed E-state index contributed by atoms with van der Waals surface area (Å²) < 4.78 is 0. The Hall–Kier alpha value is -2.73. The molecule has 6 nitrogen and oxygen atoms in total. The average molecular weight is 321 g/mol. The van der Waals surface area contributed by atoms with Crippen LogP contribution in [0.1, 0.15) is 5.56 Å². The molecule has 0 aliphatic carbocycles. The number of H-pyrrole nitrogens is 1. The van der Waals surface area contributed by atoms with Gasteiger partial charge < -0.3 is 9.88 Å². The van der Waals surface area contributed by atoms with Crippen LogP contribution in [0, 0.1) is 0 Å². The second-order valence-electron chi connectivity index (χ2n) is 6.22. The third-order valence-electron chi connectivity index (χ3n) is 4.60. The summed E-state index contributed by atoms with van der Waals surface area (Å²) in [6.45, 7) is 2.72. The van der Waals surface area contributed by atoms with Crippen molar-refractivity contribution in [3.8, 4) is 0 Å². The summed E-state index contributed by atoms with van der Waals surface area (Å²) in [5.74, 6) is 0.794. The molecule has 3 heterocycles. The first-order valence-corrected chi connectivity index (χ1v) is 8.04. The number of likely N-dealkylation sites (N-methyl/N-ethyl adjacent to an activating group) is 1. The molecule has 122 valence electrons. The molecule has 0 unspecified atom stereocenters. The molecule has 0 amide bonds. The highest BCUT2D eigenvalue weighted by atomic mass is 16.1. The van der Waals surface area contributed by atoms with Crippen LogP contribution in [0.25, 0.3) is 10.9 Å². The molecule has 6 heteroatoms.